The van der Waals surface area contributed by atoms with Crippen LogP contribution in [0.15, 0.2) is 47.2 Å². The quantitative estimate of drug-likeness (QED) is 0.902. The van der Waals surface area contributed by atoms with E-state index in [2.05, 4.69) is 35.7 Å². The van der Waals surface area contributed by atoms with Crippen LogP contribution in [0.25, 0.3) is 0 Å². The second-order valence-corrected chi connectivity index (χ2v) is 6.32. The molecule has 0 bridgehead atoms. The van der Waals surface area contributed by atoms with Gasteiger partial charge in [-0.05, 0) is 23.8 Å². The van der Waals surface area contributed by atoms with Crippen LogP contribution in [0.2, 0.25) is 0 Å². The van der Waals surface area contributed by atoms with Crippen molar-refractivity contribution in [3.8, 4) is 0 Å². The lowest BCUT2D eigenvalue weighted by Gasteiger charge is -2.35. The molecule has 1 N–H and O–H groups in total. The highest BCUT2D eigenvalue weighted by atomic mass is 79.9. The minimum atomic E-state index is -0.451. The van der Waals surface area contributed by atoms with E-state index >= 15 is 0 Å². The van der Waals surface area contributed by atoms with Gasteiger partial charge in [0, 0.05) is 49.6 Å². The van der Waals surface area contributed by atoms with Gasteiger partial charge in [0.1, 0.15) is 0 Å². The molecule has 116 valence electrons. The van der Waals surface area contributed by atoms with Gasteiger partial charge in [0.15, 0.2) is 0 Å². The van der Waals surface area contributed by atoms with Gasteiger partial charge >= 0.3 is 0 Å². The Morgan fingerprint density at radius 1 is 1.05 bits per heavy atom. The zero-order chi connectivity index (χ0) is 15.4. The number of anilines is 1. The van der Waals surface area contributed by atoms with Crippen molar-refractivity contribution in [1.29, 1.82) is 0 Å². The highest BCUT2D eigenvalue weighted by molar-refractivity contribution is 9.10. The van der Waals surface area contributed by atoms with Crippen LogP contribution in [0.3, 0.4) is 0 Å². The summed E-state index contributed by atoms with van der Waals surface area (Å²) < 4.78 is 1.03. The molecule has 3 rings (SSSR count). The maximum atomic E-state index is 10.4. The Labute approximate surface area is 138 Å². The first-order valence-electron chi connectivity index (χ1n) is 7.40. The molecule has 0 amide bonds. The van der Waals surface area contributed by atoms with Crippen LogP contribution in [0, 0.1) is 0 Å². The van der Waals surface area contributed by atoms with Gasteiger partial charge in [-0.2, -0.15) is 0 Å². The van der Waals surface area contributed by atoms with E-state index in [0.29, 0.717) is 6.54 Å². The van der Waals surface area contributed by atoms with Crippen molar-refractivity contribution >= 4 is 21.9 Å². The number of benzene rings is 1. The summed E-state index contributed by atoms with van der Waals surface area (Å²) in [6, 6.07) is 9.67. The van der Waals surface area contributed by atoms with E-state index < -0.39 is 6.10 Å². The number of hydrogen-bond acceptors (Lipinski definition) is 5. The number of rotatable bonds is 4. The minimum absolute atomic E-state index is 0.451. The van der Waals surface area contributed by atoms with E-state index in [0.717, 1.165) is 42.2 Å². The molecule has 6 heteroatoms. The normalized spacial score (nSPS) is 17.5. The molecule has 0 radical (unpaired) electrons. The standard InChI is InChI=1S/C16H19BrN4O/c17-14-4-2-13(3-5-14)15(22)12-20-8-10-21(11-9-20)16-18-6-1-7-19-16/h1-7,15,22H,8-12H2. The van der Waals surface area contributed by atoms with Crippen molar-refractivity contribution in [1.82, 2.24) is 14.9 Å². The molecule has 1 unspecified atom stereocenters. The van der Waals surface area contributed by atoms with Crippen molar-refractivity contribution in [3.63, 3.8) is 0 Å². The molecule has 1 aliphatic rings. The zero-order valence-electron chi connectivity index (χ0n) is 12.3. The van der Waals surface area contributed by atoms with Gasteiger partial charge in [-0.25, -0.2) is 9.97 Å². The summed E-state index contributed by atoms with van der Waals surface area (Å²) in [6.07, 6.45) is 3.09. The fourth-order valence-electron chi connectivity index (χ4n) is 2.62. The molecule has 1 atom stereocenters. The Kier molecular flexibility index (Phi) is 5.02. The second kappa shape index (κ2) is 7.17. The third kappa shape index (κ3) is 3.82. The van der Waals surface area contributed by atoms with Crippen LogP contribution >= 0.6 is 15.9 Å². The molecule has 5 nitrogen and oxygen atoms in total. The number of piperazine rings is 1. The Balaban J connectivity index is 1.52. The third-order valence-corrected chi connectivity index (χ3v) is 4.42. The maximum Gasteiger partial charge on any atom is 0.225 e. The minimum Gasteiger partial charge on any atom is -0.387 e. The first-order chi connectivity index (χ1) is 10.7. The van der Waals surface area contributed by atoms with Crippen LogP contribution in [0.1, 0.15) is 11.7 Å². The summed E-state index contributed by atoms with van der Waals surface area (Å²) >= 11 is 3.41. The highest BCUT2D eigenvalue weighted by Gasteiger charge is 2.21. The number of hydrogen-bond donors (Lipinski definition) is 1. The van der Waals surface area contributed by atoms with Gasteiger partial charge in [0.25, 0.3) is 0 Å². The van der Waals surface area contributed by atoms with Crippen molar-refractivity contribution < 1.29 is 5.11 Å². The number of aliphatic hydroxyl groups is 1. The molecule has 2 aromatic rings. The zero-order valence-corrected chi connectivity index (χ0v) is 13.9. The van der Waals surface area contributed by atoms with Crippen LogP contribution in [0.5, 0.6) is 0 Å². The monoisotopic (exact) mass is 362 g/mol. The van der Waals surface area contributed by atoms with Crippen LogP contribution in [-0.4, -0.2) is 52.7 Å². The largest absolute Gasteiger partial charge is 0.387 e. The predicted octanol–water partition coefficient (Wildman–Crippen LogP) is 2.09. The first kappa shape index (κ1) is 15.4. The predicted molar refractivity (Wildman–Crippen MR) is 89.8 cm³/mol. The Bertz CT molecular complexity index is 585. The average molecular weight is 363 g/mol. The lowest BCUT2D eigenvalue weighted by atomic mass is 10.1. The smallest absolute Gasteiger partial charge is 0.225 e. The Morgan fingerprint density at radius 2 is 1.68 bits per heavy atom. The van der Waals surface area contributed by atoms with Gasteiger partial charge < -0.3 is 10.0 Å². The number of nitrogens with zero attached hydrogens (tertiary/aromatic N) is 4. The Morgan fingerprint density at radius 3 is 2.32 bits per heavy atom. The van der Waals surface area contributed by atoms with Gasteiger partial charge in [0.05, 0.1) is 6.10 Å². The van der Waals surface area contributed by atoms with Crippen molar-refractivity contribution in [2.24, 2.45) is 0 Å². The van der Waals surface area contributed by atoms with Crippen molar-refractivity contribution in [2.45, 2.75) is 6.10 Å². The second-order valence-electron chi connectivity index (χ2n) is 5.40. The molecule has 22 heavy (non-hydrogen) atoms. The Hall–Kier alpha value is -1.50. The lowest BCUT2D eigenvalue weighted by Crippen LogP contribution is -2.48. The van der Waals surface area contributed by atoms with Gasteiger partial charge in [-0.1, -0.05) is 28.1 Å². The van der Waals surface area contributed by atoms with Crippen LogP contribution in [-0.2, 0) is 0 Å². The maximum absolute atomic E-state index is 10.4. The first-order valence-corrected chi connectivity index (χ1v) is 8.19. The van der Waals surface area contributed by atoms with Crippen LogP contribution < -0.4 is 4.90 Å². The summed E-state index contributed by atoms with van der Waals surface area (Å²) in [7, 11) is 0. The molecule has 1 aromatic heterocycles. The van der Waals surface area contributed by atoms with E-state index in [4.69, 9.17) is 0 Å². The fourth-order valence-corrected chi connectivity index (χ4v) is 2.88. The molecule has 1 fully saturated rings. The number of β-amino-alcohol motifs (C(OH)–C–C–N with tert-alkyl or cyclic N) is 1. The third-order valence-electron chi connectivity index (χ3n) is 3.89. The highest BCUT2D eigenvalue weighted by Crippen LogP contribution is 2.19. The summed E-state index contributed by atoms with van der Waals surface area (Å²) in [5, 5.41) is 10.4. The molecule has 0 saturated carbocycles. The molecule has 1 aromatic carbocycles. The van der Waals surface area contributed by atoms with Gasteiger partial charge in [-0.3, -0.25) is 4.90 Å². The summed E-state index contributed by atoms with van der Waals surface area (Å²) in [5.74, 6) is 0.788. The van der Waals surface area contributed by atoms with Gasteiger partial charge in [-0.15, -0.1) is 0 Å². The van der Waals surface area contributed by atoms with E-state index in [-0.39, 0.29) is 0 Å². The van der Waals surface area contributed by atoms with Gasteiger partial charge in [0.2, 0.25) is 5.95 Å². The van der Waals surface area contributed by atoms with Crippen molar-refractivity contribution in [2.75, 3.05) is 37.6 Å². The summed E-state index contributed by atoms with van der Waals surface area (Å²) in [6.45, 7) is 4.25. The molecule has 2 heterocycles. The van der Waals surface area contributed by atoms with E-state index in [1.807, 2.05) is 30.3 Å². The molecular weight excluding hydrogens is 344 g/mol. The van der Waals surface area contributed by atoms with E-state index in [1.165, 1.54) is 0 Å². The van der Waals surface area contributed by atoms with Crippen LogP contribution in [0.4, 0.5) is 5.95 Å². The van der Waals surface area contributed by atoms with E-state index in [9.17, 15) is 5.11 Å². The molecular formula is C16H19BrN4O. The molecule has 1 saturated heterocycles. The summed E-state index contributed by atoms with van der Waals surface area (Å²) in [5.41, 5.74) is 0.956. The number of aliphatic hydroxyl groups excluding tert-OH is 1. The molecule has 0 spiro atoms. The van der Waals surface area contributed by atoms with E-state index in [1.54, 1.807) is 12.4 Å². The summed E-state index contributed by atoms with van der Waals surface area (Å²) in [4.78, 5) is 13.0. The lowest BCUT2D eigenvalue weighted by molar-refractivity contribution is 0.109. The number of aromatic nitrogens is 2. The number of halogens is 1. The SMILES string of the molecule is OC(CN1CCN(c2ncccn2)CC1)c1ccc(Br)cc1. The molecule has 0 aliphatic carbocycles. The fraction of sp³-hybridized carbons (Fsp3) is 0.375. The van der Waals surface area contributed by atoms with Crippen molar-refractivity contribution in [3.05, 3.63) is 52.8 Å². The topological polar surface area (TPSA) is 52.5 Å². The average Bonchev–Trinajstić information content (AvgIpc) is 2.57. The molecule has 1 aliphatic heterocycles.